The summed E-state index contributed by atoms with van der Waals surface area (Å²) in [6.07, 6.45) is 0. The first-order chi connectivity index (χ1) is 13.7. The van der Waals surface area contributed by atoms with E-state index in [0.717, 1.165) is 5.56 Å². The molecule has 0 aliphatic rings. The maximum Gasteiger partial charge on any atom is 0.263 e. The number of anilines is 2. The van der Waals surface area contributed by atoms with Crippen molar-refractivity contribution < 1.29 is 13.2 Å². The van der Waals surface area contributed by atoms with E-state index in [9.17, 15) is 13.2 Å². The maximum atomic E-state index is 12.8. The fourth-order valence-electron chi connectivity index (χ4n) is 2.62. The first-order valence-electron chi connectivity index (χ1n) is 8.63. The molecule has 0 aromatic heterocycles. The molecule has 8 heteroatoms. The summed E-state index contributed by atoms with van der Waals surface area (Å²) in [4.78, 5) is 12.5. The third kappa shape index (κ3) is 4.90. The highest BCUT2D eigenvalue weighted by Crippen LogP contribution is 2.27. The van der Waals surface area contributed by atoms with Gasteiger partial charge in [0.2, 0.25) is 0 Å². The molecule has 0 bridgehead atoms. The van der Waals surface area contributed by atoms with Crippen molar-refractivity contribution >= 4 is 50.5 Å². The molecule has 5 nitrogen and oxygen atoms in total. The average Bonchev–Trinajstić information content (AvgIpc) is 2.67. The van der Waals surface area contributed by atoms with Gasteiger partial charge in [0.25, 0.3) is 15.9 Å². The van der Waals surface area contributed by atoms with Crippen molar-refractivity contribution in [1.29, 1.82) is 0 Å². The second-order valence-corrected chi connectivity index (χ2v) is 8.95. The van der Waals surface area contributed by atoms with E-state index in [0.29, 0.717) is 22.0 Å². The molecular weight excluding hydrogens is 431 g/mol. The van der Waals surface area contributed by atoms with Crippen molar-refractivity contribution in [3.8, 4) is 0 Å². The molecule has 150 valence electrons. The summed E-state index contributed by atoms with van der Waals surface area (Å²) >= 11 is 12.2. The largest absolute Gasteiger partial charge is 0.322 e. The summed E-state index contributed by atoms with van der Waals surface area (Å²) in [5.41, 5.74) is 2.81. The Labute approximate surface area is 179 Å². The first-order valence-corrected chi connectivity index (χ1v) is 10.9. The van der Waals surface area contributed by atoms with Crippen molar-refractivity contribution in [2.24, 2.45) is 0 Å². The van der Waals surface area contributed by atoms with Crippen LogP contribution in [0.1, 0.15) is 21.5 Å². The zero-order chi connectivity index (χ0) is 21.2. The van der Waals surface area contributed by atoms with Gasteiger partial charge in [-0.25, -0.2) is 8.42 Å². The van der Waals surface area contributed by atoms with Gasteiger partial charge in [-0.2, -0.15) is 0 Å². The predicted octanol–water partition coefficient (Wildman–Crippen LogP) is 5.66. The lowest BCUT2D eigenvalue weighted by molar-refractivity contribution is 0.102. The molecule has 0 heterocycles. The minimum Gasteiger partial charge on any atom is -0.322 e. The number of carbonyl (C=O) groups excluding carboxylic acids is 1. The molecule has 1 amide bonds. The zero-order valence-electron chi connectivity index (χ0n) is 15.7. The fourth-order valence-corrected chi connectivity index (χ4v) is 4.38. The van der Waals surface area contributed by atoms with Crippen molar-refractivity contribution in [3.63, 3.8) is 0 Å². The molecule has 0 aliphatic heterocycles. The van der Waals surface area contributed by atoms with Crippen LogP contribution in [-0.4, -0.2) is 14.3 Å². The third-order valence-corrected chi connectivity index (χ3v) is 6.57. The zero-order valence-corrected chi connectivity index (χ0v) is 18.0. The predicted molar refractivity (Wildman–Crippen MR) is 118 cm³/mol. The molecule has 0 aliphatic carbocycles. The highest BCUT2D eigenvalue weighted by Gasteiger charge is 2.21. The van der Waals surface area contributed by atoms with Crippen LogP contribution in [0.3, 0.4) is 0 Å². The van der Waals surface area contributed by atoms with Gasteiger partial charge >= 0.3 is 0 Å². The highest BCUT2D eigenvalue weighted by molar-refractivity contribution is 7.92. The third-order valence-electron chi connectivity index (χ3n) is 4.30. The Hall–Kier alpha value is -2.54. The van der Waals surface area contributed by atoms with Crippen molar-refractivity contribution in [2.75, 3.05) is 10.0 Å². The van der Waals surface area contributed by atoms with Gasteiger partial charge in [0.05, 0.1) is 5.02 Å². The minimum atomic E-state index is -3.98. The molecule has 3 aromatic rings. The van der Waals surface area contributed by atoms with E-state index in [1.54, 1.807) is 49.4 Å². The Bertz CT molecular complexity index is 1180. The van der Waals surface area contributed by atoms with Gasteiger partial charge in [-0.15, -0.1) is 0 Å². The molecule has 0 unspecified atom stereocenters. The summed E-state index contributed by atoms with van der Waals surface area (Å²) in [6.45, 7) is 3.68. The summed E-state index contributed by atoms with van der Waals surface area (Å²) in [5, 5.41) is 3.27. The normalized spacial score (nSPS) is 11.2. The minimum absolute atomic E-state index is 0.0140. The standard InChI is InChI=1S/C21H18Cl2N2O3S/c1-13-6-9-16(10-7-13)25-29(27,28)20-12-15(8-11-18(20)23)21(26)24-19-5-3-4-17(22)14(19)2/h3-12,25H,1-2H3,(H,24,26). The van der Waals surface area contributed by atoms with Gasteiger partial charge < -0.3 is 5.32 Å². The lowest BCUT2D eigenvalue weighted by Crippen LogP contribution is -2.17. The molecule has 29 heavy (non-hydrogen) atoms. The Kier molecular flexibility index (Phi) is 6.17. The first kappa shape index (κ1) is 21.2. The van der Waals surface area contributed by atoms with E-state index in [4.69, 9.17) is 23.2 Å². The van der Waals surface area contributed by atoms with Gasteiger partial charge in [-0.05, 0) is 61.9 Å². The molecule has 0 atom stereocenters. The van der Waals surface area contributed by atoms with Crippen LogP contribution < -0.4 is 10.0 Å². The number of halogens is 2. The van der Waals surface area contributed by atoms with Crippen LogP contribution in [0.15, 0.2) is 65.6 Å². The van der Waals surface area contributed by atoms with Gasteiger partial charge in [0.15, 0.2) is 0 Å². The number of hydrogen-bond donors (Lipinski definition) is 2. The molecule has 0 radical (unpaired) electrons. The Morgan fingerprint density at radius 2 is 1.59 bits per heavy atom. The molecule has 0 spiro atoms. The number of nitrogens with one attached hydrogen (secondary N) is 2. The van der Waals surface area contributed by atoms with Gasteiger partial charge in [0, 0.05) is 22.0 Å². The van der Waals surface area contributed by atoms with Crippen molar-refractivity contribution in [1.82, 2.24) is 0 Å². The molecule has 2 N–H and O–H groups in total. The van der Waals surface area contributed by atoms with E-state index in [2.05, 4.69) is 10.0 Å². The van der Waals surface area contributed by atoms with Crippen LogP contribution in [0.25, 0.3) is 0 Å². The van der Waals surface area contributed by atoms with E-state index >= 15 is 0 Å². The topological polar surface area (TPSA) is 75.3 Å². The maximum absolute atomic E-state index is 12.8. The monoisotopic (exact) mass is 448 g/mol. The van der Waals surface area contributed by atoms with Gasteiger partial charge in [-0.3, -0.25) is 9.52 Å². The van der Waals surface area contributed by atoms with Crippen LogP contribution in [0.2, 0.25) is 10.0 Å². The Morgan fingerprint density at radius 1 is 0.897 bits per heavy atom. The second-order valence-electron chi connectivity index (χ2n) is 6.48. The van der Waals surface area contributed by atoms with Crippen LogP contribution >= 0.6 is 23.2 Å². The van der Waals surface area contributed by atoms with Crippen LogP contribution in [-0.2, 0) is 10.0 Å². The van der Waals surface area contributed by atoms with E-state index in [1.165, 1.54) is 18.2 Å². The summed E-state index contributed by atoms with van der Waals surface area (Å²) in [5.74, 6) is -0.473. The number of sulfonamides is 1. The highest BCUT2D eigenvalue weighted by atomic mass is 35.5. The van der Waals surface area contributed by atoms with E-state index < -0.39 is 15.9 Å². The molecule has 3 aromatic carbocycles. The lowest BCUT2D eigenvalue weighted by atomic mass is 10.1. The number of benzene rings is 3. The molecule has 0 fully saturated rings. The van der Waals surface area contributed by atoms with Gasteiger partial charge in [0.1, 0.15) is 4.90 Å². The Balaban J connectivity index is 1.89. The van der Waals surface area contributed by atoms with E-state index in [-0.39, 0.29) is 15.5 Å². The van der Waals surface area contributed by atoms with Crippen molar-refractivity contribution in [3.05, 3.63) is 87.4 Å². The smallest absolute Gasteiger partial charge is 0.263 e. The number of carbonyl (C=O) groups is 1. The van der Waals surface area contributed by atoms with E-state index in [1.807, 2.05) is 6.92 Å². The van der Waals surface area contributed by atoms with Crippen molar-refractivity contribution in [2.45, 2.75) is 18.7 Å². The molecule has 0 saturated heterocycles. The summed E-state index contributed by atoms with van der Waals surface area (Å²) < 4.78 is 28.1. The van der Waals surface area contributed by atoms with Crippen LogP contribution in [0.4, 0.5) is 11.4 Å². The fraction of sp³-hybridized carbons (Fsp3) is 0.0952. The molecule has 3 rings (SSSR count). The second kappa shape index (κ2) is 8.45. The number of rotatable bonds is 5. The quantitative estimate of drug-likeness (QED) is 0.528. The SMILES string of the molecule is Cc1ccc(NS(=O)(=O)c2cc(C(=O)Nc3cccc(Cl)c3C)ccc2Cl)cc1. The lowest BCUT2D eigenvalue weighted by Gasteiger charge is -2.13. The number of hydrogen-bond acceptors (Lipinski definition) is 3. The van der Waals surface area contributed by atoms with Crippen LogP contribution in [0, 0.1) is 13.8 Å². The molecular formula is C21H18Cl2N2O3S. The average molecular weight is 449 g/mol. The molecule has 0 saturated carbocycles. The van der Waals surface area contributed by atoms with Gasteiger partial charge in [-0.1, -0.05) is 47.0 Å². The summed E-state index contributed by atoms with van der Waals surface area (Å²) in [6, 6.07) is 16.1. The Morgan fingerprint density at radius 3 is 2.28 bits per heavy atom. The van der Waals surface area contributed by atoms with Crippen LogP contribution in [0.5, 0.6) is 0 Å². The number of amides is 1. The summed E-state index contributed by atoms with van der Waals surface area (Å²) in [7, 11) is -3.98. The number of aryl methyl sites for hydroxylation is 1.